The van der Waals surface area contributed by atoms with Crippen molar-refractivity contribution >= 4 is 12.0 Å². The van der Waals surface area contributed by atoms with E-state index in [2.05, 4.69) is 10.3 Å². The van der Waals surface area contributed by atoms with Gasteiger partial charge in [0.25, 0.3) is 5.91 Å². The molecule has 5 nitrogen and oxygen atoms in total. The third-order valence-electron chi connectivity index (χ3n) is 2.03. The number of hydroxylamine groups is 1. The van der Waals surface area contributed by atoms with E-state index in [1.165, 1.54) is 13.2 Å². The van der Waals surface area contributed by atoms with Gasteiger partial charge in [-0.15, -0.1) is 0 Å². The van der Waals surface area contributed by atoms with Crippen LogP contribution < -0.4 is 15.0 Å². The van der Waals surface area contributed by atoms with Crippen LogP contribution in [0, 0.1) is 0 Å². The average molecular weight is 221 g/mol. The summed E-state index contributed by atoms with van der Waals surface area (Å²) in [7, 11) is 1.38. The molecule has 1 heterocycles. The molecule has 0 unspecified atom stereocenters. The number of amides is 1. The Balaban J connectivity index is 2.08. The van der Waals surface area contributed by atoms with Gasteiger partial charge in [-0.3, -0.25) is 9.63 Å². The summed E-state index contributed by atoms with van der Waals surface area (Å²) >= 11 is 0. The standard InChI is InChI=1S/C11H11NO4/c1-14-12-11(13)5-3-8-2-4-9-10(6-8)16-7-15-9/h2-6H,7H2,1H3,(H,12,13). The van der Waals surface area contributed by atoms with E-state index in [0.717, 1.165) is 11.3 Å². The van der Waals surface area contributed by atoms with Gasteiger partial charge < -0.3 is 9.47 Å². The maximum absolute atomic E-state index is 11.1. The molecule has 84 valence electrons. The number of hydrogen-bond acceptors (Lipinski definition) is 4. The van der Waals surface area contributed by atoms with Crippen LogP contribution in [0.2, 0.25) is 0 Å². The first-order chi connectivity index (χ1) is 7.79. The molecule has 0 saturated heterocycles. The molecule has 0 fully saturated rings. The largest absolute Gasteiger partial charge is 0.454 e. The fourth-order valence-electron chi connectivity index (χ4n) is 1.32. The molecule has 0 bridgehead atoms. The minimum atomic E-state index is -0.319. The van der Waals surface area contributed by atoms with Crippen molar-refractivity contribution in [3.8, 4) is 11.5 Å². The van der Waals surface area contributed by atoms with Crippen LogP contribution in [-0.4, -0.2) is 19.8 Å². The highest BCUT2D eigenvalue weighted by molar-refractivity contribution is 5.91. The van der Waals surface area contributed by atoms with Crippen molar-refractivity contribution in [3.63, 3.8) is 0 Å². The highest BCUT2D eigenvalue weighted by Crippen LogP contribution is 2.32. The van der Waals surface area contributed by atoms with Crippen LogP contribution in [0.25, 0.3) is 6.08 Å². The molecule has 1 aromatic carbocycles. The maximum atomic E-state index is 11.1. The molecule has 1 amide bonds. The molecular weight excluding hydrogens is 210 g/mol. The Labute approximate surface area is 92.6 Å². The van der Waals surface area contributed by atoms with Gasteiger partial charge in [-0.05, 0) is 23.8 Å². The molecule has 0 spiro atoms. The van der Waals surface area contributed by atoms with E-state index < -0.39 is 0 Å². The summed E-state index contributed by atoms with van der Waals surface area (Å²) < 4.78 is 10.4. The molecule has 0 aromatic heterocycles. The summed E-state index contributed by atoms with van der Waals surface area (Å²) in [5.41, 5.74) is 3.04. The Morgan fingerprint density at radius 1 is 1.44 bits per heavy atom. The summed E-state index contributed by atoms with van der Waals surface area (Å²) in [5, 5.41) is 0. The van der Waals surface area contributed by atoms with Gasteiger partial charge in [-0.25, -0.2) is 5.48 Å². The molecule has 1 aromatic rings. The highest BCUT2D eigenvalue weighted by Gasteiger charge is 2.12. The van der Waals surface area contributed by atoms with Crippen molar-refractivity contribution in [2.45, 2.75) is 0 Å². The van der Waals surface area contributed by atoms with Gasteiger partial charge in [-0.1, -0.05) is 6.07 Å². The predicted octanol–water partition coefficient (Wildman–Crippen LogP) is 1.11. The molecule has 1 aliphatic rings. The summed E-state index contributed by atoms with van der Waals surface area (Å²) in [6.45, 7) is 0.243. The Hall–Kier alpha value is -2.01. The normalized spacial score (nSPS) is 13.1. The van der Waals surface area contributed by atoms with Gasteiger partial charge in [0.05, 0.1) is 7.11 Å². The number of nitrogens with one attached hydrogen (secondary N) is 1. The van der Waals surface area contributed by atoms with Crippen LogP contribution >= 0.6 is 0 Å². The lowest BCUT2D eigenvalue weighted by Gasteiger charge is -1.98. The van der Waals surface area contributed by atoms with E-state index in [-0.39, 0.29) is 12.7 Å². The molecule has 1 aliphatic heterocycles. The first-order valence-electron chi connectivity index (χ1n) is 4.70. The Kier molecular flexibility index (Phi) is 3.07. The van der Waals surface area contributed by atoms with Crippen LogP contribution in [0.4, 0.5) is 0 Å². The minimum Gasteiger partial charge on any atom is -0.454 e. The van der Waals surface area contributed by atoms with Gasteiger partial charge in [0, 0.05) is 6.08 Å². The molecule has 0 saturated carbocycles. The molecule has 0 atom stereocenters. The third kappa shape index (κ3) is 2.32. The quantitative estimate of drug-likeness (QED) is 0.613. The lowest BCUT2D eigenvalue weighted by atomic mass is 10.2. The molecule has 16 heavy (non-hydrogen) atoms. The van der Waals surface area contributed by atoms with Crippen molar-refractivity contribution in [2.75, 3.05) is 13.9 Å². The second-order valence-corrected chi connectivity index (χ2v) is 3.12. The summed E-state index contributed by atoms with van der Waals surface area (Å²) in [6.07, 6.45) is 3.04. The lowest BCUT2D eigenvalue weighted by molar-refractivity contribution is -0.126. The number of benzene rings is 1. The zero-order valence-corrected chi connectivity index (χ0v) is 8.73. The maximum Gasteiger partial charge on any atom is 0.267 e. The molecule has 0 aliphatic carbocycles. The second-order valence-electron chi connectivity index (χ2n) is 3.12. The summed E-state index contributed by atoms with van der Waals surface area (Å²) in [6, 6.07) is 5.44. The van der Waals surface area contributed by atoms with Crippen LogP contribution in [0.15, 0.2) is 24.3 Å². The first kappa shape index (κ1) is 10.5. The van der Waals surface area contributed by atoms with Gasteiger partial charge in [0.1, 0.15) is 0 Å². The smallest absolute Gasteiger partial charge is 0.267 e. The third-order valence-corrected chi connectivity index (χ3v) is 2.03. The topological polar surface area (TPSA) is 56.8 Å². The summed E-state index contributed by atoms with van der Waals surface area (Å²) in [5.74, 6) is 1.09. The van der Waals surface area contributed by atoms with Crippen LogP contribution in [0.3, 0.4) is 0 Å². The van der Waals surface area contributed by atoms with E-state index in [4.69, 9.17) is 9.47 Å². The number of fused-ring (bicyclic) bond motifs is 1. The SMILES string of the molecule is CONC(=O)C=Cc1ccc2c(c1)OCO2. The molecular formula is C11H11NO4. The van der Waals surface area contributed by atoms with Crippen LogP contribution in [0.5, 0.6) is 11.5 Å². The molecule has 1 N–H and O–H groups in total. The second kappa shape index (κ2) is 4.67. The van der Waals surface area contributed by atoms with Gasteiger partial charge in [0.15, 0.2) is 11.5 Å². The Bertz CT molecular complexity index is 428. The van der Waals surface area contributed by atoms with Gasteiger partial charge >= 0.3 is 0 Å². The Morgan fingerprint density at radius 3 is 3.06 bits per heavy atom. The van der Waals surface area contributed by atoms with Crippen molar-refractivity contribution in [1.29, 1.82) is 0 Å². The van der Waals surface area contributed by atoms with Gasteiger partial charge in [-0.2, -0.15) is 0 Å². The molecule has 5 heteroatoms. The van der Waals surface area contributed by atoms with Crippen LogP contribution in [-0.2, 0) is 9.63 Å². The highest BCUT2D eigenvalue weighted by atomic mass is 16.7. The first-order valence-corrected chi connectivity index (χ1v) is 4.70. The van der Waals surface area contributed by atoms with E-state index in [1.54, 1.807) is 18.2 Å². The number of carbonyl (C=O) groups is 1. The van der Waals surface area contributed by atoms with E-state index >= 15 is 0 Å². The fraction of sp³-hybridized carbons (Fsp3) is 0.182. The minimum absolute atomic E-state index is 0.243. The average Bonchev–Trinajstić information content (AvgIpc) is 2.74. The zero-order valence-electron chi connectivity index (χ0n) is 8.73. The van der Waals surface area contributed by atoms with Crippen molar-refractivity contribution in [3.05, 3.63) is 29.8 Å². The van der Waals surface area contributed by atoms with Crippen molar-refractivity contribution in [2.24, 2.45) is 0 Å². The number of ether oxygens (including phenoxy) is 2. The monoisotopic (exact) mass is 221 g/mol. The van der Waals surface area contributed by atoms with Gasteiger partial charge in [0.2, 0.25) is 6.79 Å². The number of hydrogen-bond donors (Lipinski definition) is 1. The zero-order chi connectivity index (χ0) is 11.4. The van der Waals surface area contributed by atoms with E-state index in [0.29, 0.717) is 5.75 Å². The lowest BCUT2D eigenvalue weighted by Crippen LogP contribution is -2.18. The van der Waals surface area contributed by atoms with Crippen molar-refractivity contribution < 1.29 is 19.1 Å². The van der Waals surface area contributed by atoms with Crippen LogP contribution in [0.1, 0.15) is 5.56 Å². The number of carbonyl (C=O) groups excluding carboxylic acids is 1. The predicted molar refractivity (Wildman–Crippen MR) is 56.8 cm³/mol. The Morgan fingerprint density at radius 2 is 2.25 bits per heavy atom. The molecule has 0 radical (unpaired) electrons. The van der Waals surface area contributed by atoms with E-state index in [9.17, 15) is 4.79 Å². The fourth-order valence-corrected chi connectivity index (χ4v) is 1.32. The van der Waals surface area contributed by atoms with E-state index in [1.807, 2.05) is 6.07 Å². The van der Waals surface area contributed by atoms with Crippen molar-refractivity contribution in [1.82, 2.24) is 5.48 Å². The number of rotatable bonds is 3. The molecule has 2 rings (SSSR count). The summed E-state index contributed by atoms with van der Waals surface area (Å²) in [4.78, 5) is 15.5.